The molecule has 2 nitrogen and oxygen atoms in total. The minimum atomic E-state index is -0.113. The number of likely N-dealkylation sites (tertiary alicyclic amines) is 1. The SMILES string of the molecule is Cc1ccc(C(C)NC(C)CN2CCCC2)cc1F. The van der Waals surface area contributed by atoms with Crippen LogP contribution in [0.4, 0.5) is 4.39 Å². The van der Waals surface area contributed by atoms with Gasteiger partial charge in [-0.1, -0.05) is 12.1 Å². The third-order valence-corrected chi connectivity index (χ3v) is 3.96. The monoisotopic (exact) mass is 264 g/mol. The van der Waals surface area contributed by atoms with Gasteiger partial charge in [-0.25, -0.2) is 4.39 Å². The molecule has 2 unspecified atom stereocenters. The first kappa shape index (κ1) is 14.5. The minimum absolute atomic E-state index is 0.113. The van der Waals surface area contributed by atoms with E-state index in [0.717, 1.165) is 12.1 Å². The van der Waals surface area contributed by atoms with Crippen LogP contribution in [-0.4, -0.2) is 30.6 Å². The van der Waals surface area contributed by atoms with Gasteiger partial charge in [0.15, 0.2) is 0 Å². The predicted molar refractivity (Wildman–Crippen MR) is 77.8 cm³/mol. The largest absolute Gasteiger partial charge is 0.306 e. The van der Waals surface area contributed by atoms with Crippen LogP contribution in [0, 0.1) is 12.7 Å². The molecule has 1 N–H and O–H groups in total. The van der Waals surface area contributed by atoms with Gasteiger partial charge in [0.05, 0.1) is 0 Å². The summed E-state index contributed by atoms with van der Waals surface area (Å²) in [4.78, 5) is 2.50. The van der Waals surface area contributed by atoms with E-state index in [0.29, 0.717) is 11.6 Å². The molecule has 1 aromatic rings. The van der Waals surface area contributed by atoms with Crippen LogP contribution in [0.15, 0.2) is 18.2 Å². The first-order valence-electron chi connectivity index (χ1n) is 7.30. The second kappa shape index (κ2) is 6.49. The summed E-state index contributed by atoms with van der Waals surface area (Å²) in [5.74, 6) is -0.113. The molecule has 0 bridgehead atoms. The Hall–Kier alpha value is -0.930. The van der Waals surface area contributed by atoms with Crippen molar-refractivity contribution in [2.24, 2.45) is 0 Å². The maximum atomic E-state index is 13.6. The lowest BCUT2D eigenvalue weighted by atomic mass is 10.1. The Morgan fingerprint density at radius 2 is 1.95 bits per heavy atom. The van der Waals surface area contributed by atoms with Gasteiger partial charge in [0.25, 0.3) is 0 Å². The van der Waals surface area contributed by atoms with Crippen molar-refractivity contribution < 1.29 is 4.39 Å². The third kappa shape index (κ3) is 4.02. The molecule has 19 heavy (non-hydrogen) atoms. The molecule has 0 saturated carbocycles. The number of aryl methyl sites for hydroxylation is 1. The second-order valence-electron chi connectivity index (χ2n) is 5.81. The molecule has 1 heterocycles. The standard InChI is InChI=1S/C16H25FN2/c1-12-6-7-15(10-16(12)17)14(3)18-13(2)11-19-8-4-5-9-19/h6-7,10,13-14,18H,4-5,8-9,11H2,1-3H3. The molecular weight excluding hydrogens is 239 g/mol. The summed E-state index contributed by atoms with van der Waals surface area (Å²) in [5.41, 5.74) is 1.73. The van der Waals surface area contributed by atoms with Crippen molar-refractivity contribution in [1.82, 2.24) is 10.2 Å². The second-order valence-corrected chi connectivity index (χ2v) is 5.81. The Morgan fingerprint density at radius 1 is 1.26 bits per heavy atom. The molecule has 1 aliphatic heterocycles. The first-order chi connectivity index (χ1) is 9.06. The fourth-order valence-corrected chi connectivity index (χ4v) is 2.81. The lowest BCUT2D eigenvalue weighted by Gasteiger charge is -2.25. The smallest absolute Gasteiger partial charge is 0.126 e. The van der Waals surface area contributed by atoms with Gasteiger partial charge in [-0.05, 0) is 63.9 Å². The molecule has 2 atom stereocenters. The van der Waals surface area contributed by atoms with Gasteiger partial charge in [-0.3, -0.25) is 0 Å². The fourth-order valence-electron chi connectivity index (χ4n) is 2.81. The van der Waals surface area contributed by atoms with Crippen LogP contribution in [0.2, 0.25) is 0 Å². The molecule has 1 fully saturated rings. The Morgan fingerprint density at radius 3 is 2.58 bits per heavy atom. The van der Waals surface area contributed by atoms with E-state index in [2.05, 4.69) is 24.1 Å². The van der Waals surface area contributed by atoms with Crippen molar-refractivity contribution in [2.45, 2.75) is 45.7 Å². The van der Waals surface area contributed by atoms with E-state index in [-0.39, 0.29) is 11.9 Å². The molecular formula is C16H25FN2. The number of halogens is 1. The van der Waals surface area contributed by atoms with Crippen molar-refractivity contribution >= 4 is 0 Å². The Balaban J connectivity index is 1.88. The van der Waals surface area contributed by atoms with Crippen molar-refractivity contribution in [3.8, 4) is 0 Å². The Bertz CT molecular complexity index is 413. The molecule has 1 aromatic carbocycles. The quantitative estimate of drug-likeness (QED) is 0.878. The average molecular weight is 264 g/mol. The fraction of sp³-hybridized carbons (Fsp3) is 0.625. The van der Waals surface area contributed by atoms with Crippen molar-refractivity contribution in [2.75, 3.05) is 19.6 Å². The van der Waals surface area contributed by atoms with E-state index in [1.54, 1.807) is 13.0 Å². The lowest BCUT2D eigenvalue weighted by Crippen LogP contribution is -2.39. The van der Waals surface area contributed by atoms with E-state index >= 15 is 0 Å². The molecule has 1 aliphatic rings. The number of rotatable bonds is 5. The summed E-state index contributed by atoms with van der Waals surface area (Å²) in [6, 6.07) is 6.13. The van der Waals surface area contributed by atoms with Gasteiger partial charge in [0, 0.05) is 18.6 Å². The van der Waals surface area contributed by atoms with Crippen LogP contribution in [-0.2, 0) is 0 Å². The molecule has 0 radical (unpaired) electrons. The predicted octanol–water partition coefficient (Wildman–Crippen LogP) is 3.27. The number of hydrogen-bond acceptors (Lipinski definition) is 2. The van der Waals surface area contributed by atoms with Crippen LogP contribution in [0.25, 0.3) is 0 Å². The van der Waals surface area contributed by atoms with Gasteiger partial charge in [-0.2, -0.15) is 0 Å². The van der Waals surface area contributed by atoms with E-state index in [1.807, 2.05) is 12.1 Å². The molecule has 1 saturated heterocycles. The van der Waals surface area contributed by atoms with E-state index < -0.39 is 0 Å². The molecule has 106 valence electrons. The molecule has 0 aliphatic carbocycles. The van der Waals surface area contributed by atoms with Crippen LogP contribution < -0.4 is 5.32 Å². The third-order valence-electron chi connectivity index (χ3n) is 3.96. The van der Waals surface area contributed by atoms with Crippen molar-refractivity contribution in [1.29, 1.82) is 0 Å². The van der Waals surface area contributed by atoms with Crippen LogP contribution in [0.1, 0.15) is 43.9 Å². The van der Waals surface area contributed by atoms with E-state index in [4.69, 9.17) is 0 Å². The van der Waals surface area contributed by atoms with Gasteiger partial charge in [-0.15, -0.1) is 0 Å². The number of nitrogens with zero attached hydrogens (tertiary/aromatic N) is 1. The van der Waals surface area contributed by atoms with E-state index in [9.17, 15) is 4.39 Å². The van der Waals surface area contributed by atoms with Gasteiger partial charge >= 0.3 is 0 Å². The zero-order valence-corrected chi connectivity index (χ0v) is 12.2. The highest BCUT2D eigenvalue weighted by atomic mass is 19.1. The molecule has 3 heteroatoms. The summed E-state index contributed by atoms with van der Waals surface area (Å²) >= 11 is 0. The van der Waals surface area contributed by atoms with Crippen LogP contribution >= 0.6 is 0 Å². The van der Waals surface area contributed by atoms with Crippen LogP contribution in [0.5, 0.6) is 0 Å². The zero-order chi connectivity index (χ0) is 13.8. The van der Waals surface area contributed by atoms with E-state index in [1.165, 1.54) is 25.9 Å². The summed E-state index contributed by atoms with van der Waals surface area (Å²) in [7, 11) is 0. The van der Waals surface area contributed by atoms with Gasteiger partial charge < -0.3 is 10.2 Å². The van der Waals surface area contributed by atoms with Gasteiger partial charge in [0.2, 0.25) is 0 Å². The van der Waals surface area contributed by atoms with Gasteiger partial charge in [0.1, 0.15) is 5.82 Å². The highest BCUT2D eigenvalue weighted by Crippen LogP contribution is 2.17. The summed E-state index contributed by atoms with van der Waals surface area (Å²) in [6.45, 7) is 9.63. The average Bonchev–Trinajstić information content (AvgIpc) is 2.85. The van der Waals surface area contributed by atoms with Crippen molar-refractivity contribution in [3.05, 3.63) is 35.1 Å². The summed E-state index contributed by atoms with van der Waals surface area (Å²) in [6.07, 6.45) is 2.65. The molecule has 2 rings (SSSR count). The minimum Gasteiger partial charge on any atom is -0.306 e. The zero-order valence-electron chi connectivity index (χ0n) is 12.2. The Kier molecular flexibility index (Phi) is 4.94. The highest BCUT2D eigenvalue weighted by molar-refractivity contribution is 5.25. The summed E-state index contributed by atoms with van der Waals surface area (Å²) < 4.78 is 13.6. The maximum Gasteiger partial charge on any atom is 0.126 e. The van der Waals surface area contributed by atoms with Crippen LogP contribution in [0.3, 0.4) is 0 Å². The lowest BCUT2D eigenvalue weighted by molar-refractivity contribution is 0.289. The normalized spacial score (nSPS) is 19.6. The summed E-state index contributed by atoms with van der Waals surface area (Å²) in [5, 5.41) is 3.56. The first-order valence-corrected chi connectivity index (χ1v) is 7.30. The highest BCUT2D eigenvalue weighted by Gasteiger charge is 2.16. The maximum absolute atomic E-state index is 13.6. The number of benzene rings is 1. The Labute approximate surface area is 116 Å². The van der Waals surface area contributed by atoms with Crippen molar-refractivity contribution in [3.63, 3.8) is 0 Å². The molecule has 0 aromatic heterocycles. The number of hydrogen-bond donors (Lipinski definition) is 1. The number of nitrogens with one attached hydrogen (secondary N) is 1. The molecule has 0 spiro atoms. The molecule has 0 amide bonds. The topological polar surface area (TPSA) is 15.3 Å².